The molecule has 0 atom stereocenters. The first-order valence-electron chi connectivity index (χ1n) is 6.44. The van der Waals surface area contributed by atoms with Gasteiger partial charge in [-0.3, -0.25) is 4.79 Å². The van der Waals surface area contributed by atoms with Crippen LogP contribution in [-0.2, 0) is 4.79 Å². The van der Waals surface area contributed by atoms with Gasteiger partial charge in [0.25, 0.3) is 0 Å². The van der Waals surface area contributed by atoms with Gasteiger partial charge in [-0.15, -0.1) is 5.10 Å². The second kappa shape index (κ2) is 7.83. The second-order valence-corrected chi connectivity index (χ2v) is 3.76. The van der Waals surface area contributed by atoms with Crippen LogP contribution in [0, 0.1) is 6.92 Å². The number of carbonyl (C=O) groups is 1. The third-order valence-electron chi connectivity index (χ3n) is 2.44. The molecule has 6 heteroatoms. The molecule has 0 aliphatic rings. The first kappa shape index (κ1) is 15.6. The number of amides is 1. The van der Waals surface area contributed by atoms with Gasteiger partial charge in [0.2, 0.25) is 5.91 Å². The average molecular weight is 273 g/mol. The maximum Gasteiger partial charge on any atom is 0.243 e. The minimum absolute atomic E-state index is 0.154. The highest BCUT2D eigenvalue weighted by Crippen LogP contribution is 2.16. The molecule has 1 aromatic heterocycles. The first-order valence-corrected chi connectivity index (χ1v) is 6.44. The van der Waals surface area contributed by atoms with Crippen LogP contribution < -0.4 is 5.32 Å². The van der Waals surface area contributed by atoms with Crippen LogP contribution in [0.4, 0.5) is 0 Å². The summed E-state index contributed by atoms with van der Waals surface area (Å²) < 4.78 is 1.56. The Morgan fingerprint density at radius 2 is 2.10 bits per heavy atom. The van der Waals surface area contributed by atoms with E-state index in [0.29, 0.717) is 0 Å². The van der Waals surface area contributed by atoms with Crippen molar-refractivity contribution in [2.45, 2.75) is 20.8 Å². The summed E-state index contributed by atoms with van der Waals surface area (Å²) in [5.41, 5.74) is 2.81. The van der Waals surface area contributed by atoms with Gasteiger partial charge in [0.15, 0.2) is 0 Å². The van der Waals surface area contributed by atoms with Crippen LogP contribution in [0.5, 0.6) is 0 Å². The zero-order chi connectivity index (χ0) is 15.0. The highest BCUT2D eigenvalue weighted by atomic mass is 16.1. The highest BCUT2D eigenvalue weighted by molar-refractivity contribution is 5.92. The van der Waals surface area contributed by atoms with Gasteiger partial charge < -0.3 is 5.32 Å². The van der Waals surface area contributed by atoms with Gasteiger partial charge in [0.05, 0.1) is 5.69 Å². The van der Waals surface area contributed by atoms with Crippen LogP contribution in [0.3, 0.4) is 0 Å². The monoisotopic (exact) mass is 273 g/mol. The zero-order valence-electron chi connectivity index (χ0n) is 12.2. The van der Waals surface area contributed by atoms with Gasteiger partial charge >= 0.3 is 0 Å². The molecule has 0 aliphatic carbocycles. The highest BCUT2D eigenvalue weighted by Gasteiger charge is 2.04. The lowest BCUT2D eigenvalue weighted by atomic mass is 10.1. The van der Waals surface area contributed by atoms with E-state index in [1.165, 1.54) is 12.4 Å². The molecule has 0 aliphatic heterocycles. The summed E-state index contributed by atoms with van der Waals surface area (Å²) in [5.74, 6) is -0.154. The molecule has 0 saturated heterocycles. The van der Waals surface area contributed by atoms with Gasteiger partial charge in [-0.1, -0.05) is 25.5 Å². The van der Waals surface area contributed by atoms with Crippen molar-refractivity contribution in [3.63, 3.8) is 0 Å². The molecule has 0 saturated carbocycles. The predicted molar refractivity (Wildman–Crippen MR) is 78.3 cm³/mol. The maximum absolute atomic E-state index is 11.2. The Morgan fingerprint density at radius 3 is 2.70 bits per heavy atom. The van der Waals surface area contributed by atoms with Gasteiger partial charge in [0.1, 0.15) is 6.33 Å². The molecule has 1 heterocycles. The summed E-state index contributed by atoms with van der Waals surface area (Å²) >= 11 is 0. The largest absolute Gasteiger partial charge is 0.356 e. The summed E-state index contributed by atoms with van der Waals surface area (Å²) in [6.07, 6.45) is 4.73. The number of tetrazole rings is 1. The summed E-state index contributed by atoms with van der Waals surface area (Å²) in [6, 6.07) is 5.85. The Kier molecular flexibility index (Phi) is 6.09. The van der Waals surface area contributed by atoms with Crippen molar-refractivity contribution < 1.29 is 4.79 Å². The van der Waals surface area contributed by atoms with Gasteiger partial charge in [-0.25, -0.2) is 0 Å². The molecular formula is C14H19N5O. The minimum Gasteiger partial charge on any atom is -0.356 e. The number of nitrogens with zero attached hydrogens (tertiary/aromatic N) is 4. The number of hydrogen-bond donors (Lipinski definition) is 1. The molecule has 1 amide bonds. The van der Waals surface area contributed by atoms with E-state index >= 15 is 0 Å². The normalized spacial score (nSPS) is 10.0. The van der Waals surface area contributed by atoms with Crippen LogP contribution in [0.15, 0.2) is 30.6 Å². The van der Waals surface area contributed by atoms with E-state index in [-0.39, 0.29) is 5.91 Å². The second-order valence-electron chi connectivity index (χ2n) is 3.76. The summed E-state index contributed by atoms with van der Waals surface area (Å²) in [5, 5.41) is 13.6. The van der Waals surface area contributed by atoms with E-state index in [1.807, 2.05) is 39.0 Å². The standard InChI is InChI=1S/C12H13N5O.C2H6/c1-9-3-5-11(17-8-14-15-16-17)10(7-9)4-6-12(18)13-2;1-2/h3-8H,1-2H3,(H,13,18);1-2H3/b6-4+;. The number of nitrogens with one attached hydrogen (secondary N) is 1. The summed E-state index contributed by atoms with van der Waals surface area (Å²) in [6.45, 7) is 5.99. The molecule has 0 radical (unpaired) electrons. The molecule has 0 bridgehead atoms. The molecule has 106 valence electrons. The molecule has 2 aromatic rings. The first-order chi connectivity index (χ1) is 9.70. The smallest absolute Gasteiger partial charge is 0.243 e. The molecule has 0 fully saturated rings. The van der Waals surface area contributed by atoms with E-state index in [9.17, 15) is 4.79 Å². The molecular weight excluding hydrogens is 254 g/mol. The summed E-state index contributed by atoms with van der Waals surface area (Å²) in [7, 11) is 1.59. The number of aromatic nitrogens is 4. The van der Waals surface area contributed by atoms with Crippen LogP contribution in [0.2, 0.25) is 0 Å². The van der Waals surface area contributed by atoms with Crippen molar-refractivity contribution in [1.29, 1.82) is 0 Å². The fourth-order valence-electron chi connectivity index (χ4n) is 1.54. The quantitative estimate of drug-likeness (QED) is 0.865. The van der Waals surface area contributed by atoms with E-state index in [1.54, 1.807) is 17.8 Å². The Morgan fingerprint density at radius 1 is 1.35 bits per heavy atom. The molecule has 0 spiro atoms. The van der Waals surface area contributed by atoms with E-state index in [2.05, 4.69) is 20.8 Å². The number of hydrogen-bond acceptors (Lipinski definition) is 4. The minimum atomic E-state index is -0.154. The van der Waals surface area contributed by atoms with E-state index in [4.69, 9.17) is 0 Å². The van der Waals surface area contributed by atoms with Crippen molar-refractivity contribution in [2.24, 2.45) is 0 Å². The molecule has 0 unspecified atom stereocenters. The fraction of sp³-hybridized carbons (Fsp3) is 0.286. The third kappa shape index (κ3) is 4.01. The van der Waals surface area contributed by atoms with Crippen LogP contribution in [0.25, 0.3) is 11.8 Å². The lowest BCUT2D eigenvalue weighted by Gasteiger charge is -2.05. The molecule has 20 heavy (non-hydrogen) atoms. The van der Waals surface area contributed by atoms with Crippen LogP contribution in [-0.4, -0.2) is 33.2 Å². The fourth-order valence-corrected chi connectivity index (χ4v) is 1.54. The molecule has 6 nitrogen and oxygen atoms in total. The SMILES string of the molecule is CC.CNC(=O)/C=C/c1cc(C)ccc1-n1cnnn1. The van der Waals surface area contributed by atoms with Crippen molar-refractivity contribution >= 4 is 12.0 Å². The van der Waals surface area contributed by atoms with Gasteiger partial charge in [0, 0.05) is 18.7 Å². The lowest BCUT2D eigenvalue weighted by molar-refractivity contribution is -0.115. The number of rotatable bonds is 3. The van der Waals surface area contributed by atoms with E-state index in [0.717, 1.165) is 16.8 Å². The third-order valence-corrected chi connectivity index (χ3v) is 2.44. The Bertz CT molecular complexity index is 575. The van der Waals surface area contributed by atoms with Crippen LogP contribution >= 0.6 is 0 Å². The lowest BCUT2D eigenvalue weighted by Crippen LogP contribution is -2.13. The topological polar surface area (TPSA) is 72.7 Å². The molecule has 1 aromatic carbocycles. The van der Waals surface area contributed by atoms with Gasteiger partial charge in [-0.05, 0) is 35.6 Å². The van der Waals surface area contributed by atoms with Crippen molar-refractivity contribution in [2.75, 3.05) is 7.05 Å². The van der Waals surface area contributed by atoms with E-state index < -0.39 is 0 Å². The van der Waals surface area contributed by atoms with Crippen molar-refractivity contribution in [3.8, 4) is 5.69 Å². The number of benzene rings is 1. The molecule has 2 rings (SSSR count). The number of likely N-dealkylation sites (N-methyl/N-ethyl adjacent to an activating group) is 1. The predicted octanol–water partition coefficient (Wildman–Crippen LogP) is 1.76. The Labute approximate surface area is 118 Å². The number of aryl methyl sites for hydroxylation is 1. The summed E-state index contributed by atoms with van der Waals surface area (Å²) in [4.78, 5) is 11.2. The Balaban J connectivity index is 0.000000956. The Hall–Kier alpha value is -2.50. The number of carbonyl (C=O) groups excluding carboxylic acids is 1. The van der Waals surface area contributed by atoms with Crippen molar-refractivity contribution in [3.05, 3.63) is 41.7 Å². The van der Waals surface area contributed by atoms with Gasteiger partial charge in [-0.2, -0.15) is 4.68 Å². The van der Waals surface area contributed by atoms with Crippen molar-refractivity contribution in [1.82, 2.24) is 25.5 Å². The maximum atomic E-state index is 11.2. The average Bonchev–Trinajstić information content (AvgIpc) is 3.01. The van der Waals surface area contributed by atoms with Crippen LogP contribution in [0.1, 0.15) is 25.0 Å². The zero-order valence-corrected chi connectivity index (χ0v) is 12.2. The molecule has 1 N–H and O–H groups in total.